The van der Waals surface area contributed by atoms with E-state index in [9.17, 15) is 14.4 Å². The largest absolute Gasteiger partial charge is 0.481 e. The van der Waals surface area contributed by atoms with Crippen molar-refractivity contribution < 1.29 is 19.5 Å². The molecule has 1 saturated heterocycles. The van der Waals surface area contributed by atoms with Gasteiger partial charge in [-0.05, 0) is 0 Å². The highest BCUT2D eigenvalue weighted by Crippen LogP contribution is 2.18. The molecule has 0 radical (unpaired) electrons. The molecule has 1 heterocycles. The Kier molecular flexibility index (Phi) is 3.28. The van der Waals surface area contributed by atoms with Crippen LogP contribution in [0.25, 0.3) is 0 Å². The van der Waals surface area contributed by atoms with Gasteiger partial charge in [-0.25, -0.2) is 0 Å². The number of carboxylic acids is 1. The lowest BCUT2D eigenvalue weighted by Crippen LogP contribution is -2.36. The van der Waals surface area contributed by atoms with Gasteiger partial charge < -0.3 is 15.7 Å². The van der Waals surface area contributed by atoms with Crippen molar-refractivity contribution in [3.63, 3.8) is 0 Å². The zero-order valence-corrected chi connectivity index (χ0v) is 8.47. The maximum Gasteiger partial charge on any atom is 0.308 e. The SMILES string of the molecule is C[C@@H](CN1CC(C(=O)O)CC1=O)C(N)=O. The van der Waals surface area contributed by atoms with E-state index in [1.807, 2.05) is 0 Å². The Balaban J connectivity index is 2.54. The van der Waals surface area contributed by atoms with Crippen molar-refractivity contribution in [3.05, 3.63) is 0 Å². The summed E-state index contributed by atoms with van der Waals surface area (Å²) in [6, 6.07) is 0. The Hall–Kier alpha value is -1.59. The van der Waals surface area contributed by atoms with Crippen molar-refractivity contribution in [2.75, 3.05) is 13.1 Å². The molecular formula is C9H14N2O4. The summed E-state index contributed by atoms with van der Waals surface area (Å²) in [6.07, 6.45) is 0.0147. The van der Waals surface area contributed by atoms with Crippen LogP contribution in [0.3, 0.4) is 0 Å². The van der Waals surface area contributed by atoms with Gasteiger partial charge in [-0.2, -0.15) is 0 Å². The number of carbonyl (C=O) groups excluding carboxylic acids is 2. The van der Waals surface area contributed by atoms with Crippen LogP contribution >= 0.6 is 0 Å². The molecule has 0 aromatic heterocycles. The molecule has 1 aliphatic rings. The van der Waals surface area contributed by atoms with E-state index in [0.29, 0.717) is 0 Å². The average Bonchev–Trinajstić information content (AvgIpc) is 2.47. The predicted octanol–water partition coefficient (Wildman–Crippen LogP) is -0.959. The highest BCUT2D eigenvalue weighted by atomic mass is 16.4. The van der Waals surface area contributed by atoms with Crippen LogP contribution in [0.15, 0.2) is 0 Å². The van der Waals surface area contributed by atoms with E-state index in [2.05, 4.69) is 0 Å². The van der Waals surface area contributed by atoms with Crippen LogP contribution in [0.1, 0.15) is 13.3 Å². The fraction of sp³-hybridized carbons (Fsp3) is 0.667. The Bertz CT molecular complexity index is 302. The Labute approximate surface area is 87.0 Å². The van der Waals surface area contributed by atoms with Crippen LogP contribution in [0.4, 0.5) is 0 Å². The molecule has 1 unspecified atom stereocenters. The van der Waals surface area contributed by atoms with Crippen LogP contribution in [-0.4, -0.2) is 40.9 Å². The summed E-state index contributed by atoms with van der Waals surface area (Å²) >= 11 is 0. The van der Waals surface area contributed by atoms with Gasteiger partial charge in [0.05, 0.1) is 11.8 Å². The van der Waals surface area contributed by atoms with Gasteiger partial charge in [0.1, 0.15) is 0 Å². The number of nitrogens with zero attached hydrogens (tertiary/aromatic N) is 1. The first-order chi connectivity index (χ1) is 6.91. The average molecular weight is 214 g/mol. The summed E-state index contributed by atoms with van der Waals surface area (Å²) in [5.41, 5.74) is 5.06. The molecule has 1 rings (SSSR count). The van der Waals surface area contributed by atoms with Crippen LogP contribution in [0.5, 0.6) is 0 Å². The lowest BCUT2D eigenvalue weighted by Gasteiger charge is -2.18. The van der Waals surface area contributed by atoms with Crippen molar-refractivity contribution in [2.24, 2.45) is 17.6 Å². The van der Waals surface area contributed by atoms with Crippen molar-refractivity contribution in [3.8, 4) is 0 Å². The van der Waals surface area contributed by atoms with Crippen molar-refractivity contribution >= 4 is 17.8 Å². The second-order valence-electron chi connectivity index (χ2n) is 3.84. The number of hydrogen-bond acceptors (Lipinski definition) is 3. The molecule has 1 fully saturated rings. The third-order valence-corrected chi connectivity index (χ3v) is 2.54. The number of amides is 2. The van der Waals surface area contributed by atoms with Gasteiger partial charge in [0.25, 0.3) is 0 Å². The number of primary amides is 1. The van der Waals surface area contributed by atoms with Gasteiger partial charge in [0.15, 0.2) is 0 Å². The topological polar surface area (TPSA) is 101 Å². The minimum Gasteiger partial charge on any atom is -0.481 e. The quantitative estimate of drug-likeness (QED) is 0.629. The van der Waals surface area contributed by atoms with Crippen LogP contribution in [-0.2, 0) is 14.4 Å². The Morgan fingerprint density at radius 1 is 1.67 bits per heavy atom. The molecule has 0 aliphatic carbocycles. The highest BCUT2D eigenvalue weighted by Gasteiger charge is 2.35. The lowest BCUT2D eigenvalue weighted by atomic mass is 10.1. The molecule has 2 atom stereocenters. The summed E-state index contributed by atoms with van der Waals surface area (Å²) in [5.74, 6) is -2.78. The first-order valence-corrected chi connectivity index (χ1v) is 4.71. The number of likely N-dealkylation sites (tertiary alicyclic amines) is 1. The van der Waals surface area contributed by atoms with Crippen molar-refractivity contribution in [1.29, 1.82) is 0 Å². The van der Waals surface area contributed by atoms with Crippen molar-refractivity contribution in [1.82, 2.24) is 4.90 Å². The number of hydrogen-bond donors (Lipinski definition) is 2. The fourth-order valence-corrected chi connectivity index (χ4v) is 1.53. The van der Waals surface area contributed by atoms with Crippen molar-refractivity contribution in [2.45, 2.75) is 13.3 Å². The molecule has 15 heavy (non-hydrogen) atoms. The molecule has 6 heteroatoms. The monoisotopic (exact) mass is 214 g/mol. The van der Waals surface area contributed by atoms with E-state index in [-0.39, 0.29) is 25.4 Å². The number of aliphatic carboxylic acids is 1. The summed E-state index contributed by atoms with van der Waals surface area (Å²) in [4.78, 5) is 34.2. The van der Waals surface area contributed by atoms with Gasteiger partial charge in [-0.3, -0.25) is 14.4 Å². The Morgan fingerprint density at radius 3 is 2.67 bits per heavy atom. The van der Waals surface area contributed by atoms with Crippen LogP contribution in [0, 0.1) is 11.8 Å². The second kappa shape index (κ2) is 4.29. The third kappa shape index (κ3) is 2.68. The normalized spacial score (nSPS) is 22.9. The molecule has 3 N–H and O–H groups in total. The Morgan fingerprint density at radius 2 is 2.27 bits per heavy atom. The molecule has 0 saturated carbocycles. The molecule has 6 nitrogen and oxygen atoms in total. The third-order valence-electron chi connectivity index (χ3n) is 2.54. The minimum absolute atomic E-state index is 0.0147. The van der Waals surface area contributed by atoms with E-state index in [4.69, 9.17) is 10.8 Å². The van der Waals surface area contributed by atoms with E-state index >= 15 is 0 Å². The molecule has 2 amide bonds. The lowest BCUT2D eigenvalue weighted by molar-refractivity contribution is -0.141. The maximum atomic E-state index is 11.4. The van der Waals surface area contributed by atoms with E-state index < -0.39 is 23.7 Å². The fourth-order valence-electron chi connectivity index (χ4n) is 1.53. The standard InChI is InChI=1S/C9H14N2O4/c1-5(8(10)13)3-11-4-6(9(14)15)2-7(11)12/h5-6H,2-4H2,1H3,(H2,10,13)(H,14,15)/t5-,6?/m0/s1. The zero-order valence-electron chi connectivity index (χ0n) is 8.47. The highest BCUT2D eigenvalue weighted by molar-refractivity contribution is 5.86. The second-order valence-corrected chi connectivity index (χ2v) is 3.84. The van der Waals surface area contributed by atoms with Gasteiger partial charge >= 0.3 is 5.97 Å². The maximum absolute atomic E-state index is 11.4. The van der Waals surface area contributed by atoms with E-state index in [1.54, 1.807) is 6.92 Å². The molecule has 0 bridgehead atoms. The molecule has 0 aromatic carbocycles. The van der Waals surface area contributed by atoms with Crippen LogP contribution < -0.4 is 5.73 Å². The van der Waals surface area contributed by atoms with Gasteiger partial charge in [-0.1, -0.05) is 6.92 Å². The van der Waals surface area contributed by atoms with Gasteiger partial charge in [0.2, 0.25) is 11.8 Å². The molecule has 84 valence electrons. The smallest absolute Gasteiger partial charge is 0.308 e. The van der Waals surface area contributed by atoms with E-state index in [1.165, 1.54) is 4.90 Å². The summed E-state index contributed by atoms with van der Waals surface area (Å²) in [6.45, 7) is 1.99. The first kappa shape index (κ1) is 11.5. The molecular weight excluding hydrogens is 200 g/mol. The van der Waals surface area contributed by atoms with Crippen LogP contribution in [0.2, 0.25) is 0 Å². The molecule has 0 spiro atoms. The first-order valence-electron chi connectivity index (χ1n) is 4.71. The number of rotatable bonds is 4. The number of carbonyl (C=O) groups is 3. The summed E-state index contributed by atoms with van der Waals surface area (Å²) in [5, 5.41) is 8.72. The van der Waals surface area contributed by atoms with Gasteiger partial charge in [-0.15, -0.1) is 0 Å². The van der Waals surface area contributed by atoms with Gasteiger partial charge in [0, 0.05) is 19.5 Å². The molecule has 0 aromatic rings. The van der Waals surface area contributed by atoms with E-state index in [0.717, 1.165) is 0 Å². The zero-order chi connectivity index (χ0) is 11.6. The summed E-state index contributed by atoms with van der Waals surface area (Å²) < 4.78 is 0. The number of carboxylic acid groups (broad SMARTS) is 1. The predicted molar refractivity (Wildman–Crippen MR) is 50.7 cm³/mol. The minimum atomic E-state index is -0.974. The summed E-state index contributed by atoms with van der Waals surface area (Å²) in [7, 11) is 0. The number of nitrogens with two attached hydrogens (primary N) is 1. The molecule has 1 aliphatic heterocycles.